The summed E-state index contributed by atoms with van der Waals surface area (Å²) in [5.41, 5.74) is 1.29. The first-order chi connectivity index (χ1) is 11.9. The average Bonchev–Trinajstić information content (AvgIpc) is 2.60. The van der Waals surface area contributed by atoms with E-state index >= 15 is 0 Å². The molecule has 1 heterocycles. The molecule has 25 heavy (non-hydrogen) atoms. The molecule has 2 aromatic rings. The predicted molar refractivity (Wildman–Crippen MR) is 95.6 cm³/mol. The van der Waals surface area contributed by atoms with Crippen molar-refractivity contribution in [2.75, 3.05) is 27.2 Å². The third-order valence-corrected chi connectivity index (χ3v) is 4.93. The van der Waals surface area contributed by atoms with Gasteiger partial charge in [-0.15, -0.1) is 0 Å². The van der Waals surface area contributed by atoms with Gasteiger partial charge in [-0.3, -0.25) is 9.78 Å². The van der Waals surface area contributed by atoms with Crippen LogP contribution in [0.3, 0.4) is 0 Å². The van der Waals surface area contributed by atoms with Crippen molar-refractivity contribution in [3.63, 3.8) is 0 Å². The minimum absolute atomic E-state index is 0.134. The van der Waals surface area contributed by atoms with Crippen molar-refractivity contribution in [1.82, 2.24) is 19.9 Å². The summed E-state index contributed by atoms with van der Waals surface area (Å²) >= 11 is 0. The summed E-state index contributed by atoms with van der Waals surface area (Å²) in [5, 5.41) is 2.77. The van der Waals surface area contributed by atoms with Gasteiger partial charge in [-0.2, -0.15) is 0 Å². The van der Waals surface area contributed by atoms with Gasteiger partial charge in [0, 0.05) is 37.6 Å². The molecule has 0 fully saturated rings. The first-order valence-corrected chi connectivity index (χ1v) is 9.28. The number of rotatable bonds is 8. The molecule has 2 N–H and O–H groups in total. The number of likely N-dealkylation sites (N-methyl/N-ethyl adjacent to an activating group) is 1. The summed E-state index contributed by atoms with van der Waals surface area (Å²) < 4.78 is 26.9. The van der Waals surface area contributed by atoms with Gasteiger partial charge in [0.2, 0.25) is 10.0 Å². The molecule has 134 valence electrons. The molecule has 0 saturated carbocycles. The summed E-state index contributed by atoms with van der Waals surface area (Å²) in [4.78, 5) is 18.1. The van der Waals surface area contributed by atoms with Crippen LogP contribution in [0.1, 0.15) is 15.9 Å². The van der Waals surface area contributed by atoms with E-state index in [2.05, 4.69) is 15.0 Å². The molecule has 0 atom stereocenters. The van der Waals surface area contributed by atoms with E-state index in [0.717, 1.165) is 5.56 Å². The lowest BCUT2D eigenvalue weighted by Gasteiger charge is -2.11. The van der Waals surface area contributed by atoms with E-state index in [9.17, 15) is 13.2 Å². The fraction of sp³-hybridized carbons (Fsp3) is 0.294. The number of amides is 1. The highest BCUT2D eigenvalue weighted by molar-refractivity contribution is 7.89. The van der Waals surface area contributed by atoms with Gasteiger partial charge < -0.3 is 10.2 Å². The Labute approximate surface area is 148 Å². The number of carbonyl (C=O) groups excluding carboxylic acids is 1. The number of sulfonamides is 1. The number of hydrogen-bond acceptors (Lipinski definition) is 5. The molecule has 0 aliphatic carbocycles. The highest BCUT2D eigenvalue weighted by Gasteiger charge is 2.14. The van der Waals surface area contributed by atoms with Gasteiger partial charge in [-0.05, 0) is 50.0 Å². The summed E-state index contributed by atoms with van der Waals surface area (Å²) in [6, 6.07) is 9.51. The Kier molecular flexibility index (Phi) is 6.63. The minimum Gasteiger partial charge on any atom is -0.348 e. The lowest BCUT2D eigenvalue weighted by atomic mass is 10.2. The molecule has 0 unspecified atom stereocenters. The maximum absolute atomic E-state index is 12.2. The number of hydrogen-bond donors (Lipinski definition) is 2. The number of nitrogens with one attached hydrogen (secondary N) is 2. The van der Waals surface area contributed by atoms with Gasteiger partial charge in [0.05, 0.1) is 4.90 Å². The van der Waals surface area contributed by atoms with Crippen molar-refractivity contribution in [1.29, 1.82) is 0 Å². The topological polar surface area (TPSA) is 91.4 Å². The van der Waals surface area contributed by atoms with E-state index in [1.165, 1.54) is 24.3 Å². The Morgan fingerprint density at radius 2 is 1.88 bits per heavy atom. The van der Waals surface area contributed by atoms with Gasteiger partial charge in [0.25, 0.3) is 5.91 Å². The molecule has 0 spiro atoms. The van der Waals surface area contributed by atoms with E-state index in [1.54, 1.807) is 18.5 Å². The van der Waals surface area contributed by atoms with Crippen molar-refractivity contribution in [2.45, 2.75) is 11.4 Å². The number of carbonyl (C=O) groups is 1. The standard InChI is InChI=1S/C17H22N4O3S/c1-21(2)11-10-20-25(23,24)16-7-5-15(6-8-16)17(22)19-13-14-4-3-9-18-12-14/h3-9,12,20H,10-11,13H2,1-2H3,(H,19,22). The quantitative estimate of drug-likeness (QED) is 0.726. The van der Waals surface area contributed by atoms with Gasteiger partial charge in [-0.25, -0.2) is 13.1 Å². The van der Waals surface area contributed by atoms with Crippen LogP contribution >= 0.6 is 0 Å². The summed E-state index contributed by atoms with van der Waals surface area (Å²) in [6.07, 6.45) is 3.34. The molecule has 2 rings (SSSR count). The summed E-state index contributed by atoms with van der Waals surface area (Å²) in [5.74, 6) is -0.270. The molecule has 0 radical (unpaired) electrons. The Balaban J connectivity index is 1.95. The van der Waals surface area contributed by atoms with Crippen molar-refractivity contribution < 1.29 is 13.2 Å². The molecule has 1 amide bonds. The second kappa shape index (κ2) is 8.70. The molecule has 0 aliphatic heterocycles. The van der Waals surface area contributed by atoms with Crippen LogP contribution < -0.4 is 10.0 Å². The van der Waals surface area contributed by atoms with Gasteiger partial charge >= 0.3 is 0 Å². The van der Waals surface area contributed by atoms with Crippen LogP contribution in [0.2, 0.25) is 0 Å². The lowest BCUT2D eigenvalue weighted by molar-refractivity contribution is 0.0951. The first kappa shape index (κ1) is 19.0. The predicted octanol–water partition coefficient (Wildman–Crippen LogP) is 0.852. The molecule has 1 aromatic carbocycles. The number of pyridine rings is 1. The normalized spacial score (nSPS) is 11.5. The Bertz CT molecular complexity index is 790. The van der Waals surface area contributed by atoms with Crippen LogP contribution in [-0.4, -0.2) is 51.4 Å². The van der Waals surface area contributed by atoms with Crippen molar-refractivity contribution in [2.24, 2.45) is 0 Å². The van der Waals surface area contributed by atoms with E-state index in [1.807, 2.05) is 25.1 Å². The highest BCUT2D eigenvalue weighted by atomic mass is 32.2. The maximum Gasteiger partial charge on any atom is 0.251 e. The zero-order valence-corrected chi connectivity index (χ0v) is 15.1. The second-order valence-corrected chi connectivity index (χ2v) is 7.54. The zero-order chi connectivity index (χ0) is 18.3. The Morgan fingerprint density at radius 1 is 1.16 bits per heavy atom. The SMILES string of the molecule is CN(C)CCNS(=O)(=O)c1ccc(C(=O)NCc2cccnc2)cc1. The molecule has 8 heteroatoms. The third-order valence-electron chi connectivity index (χ3n) is 3.45. The minimum atomic E-state index is -3.57. The lowest BCUT2D eigenvalue weighted by Crippen LogP contribution is -2.31. The fourth-order valence-corrected chi connectivity index (χ4v) is 3.08. The van der Waals surface area contributed by atoms with E-state index in [0.29, 0.717) is 25.2 Å². The molecule has 0 bridgehead atoms. The van der Waals surface area contributed by atoms with Crippen LogP contribution in [0, 0.1) is 0 Å². The van der Waals surface area contributed by atoms with Crippen LogP contribution in [0.4, 0.5) is 0 Å². The summed E-state index contributed by atoms with van der Waals surface area (Å²) in [6.45, 7) is 1.29. The first-order valence-electron chi connectivity index (χ1n) is 7.80. The zero-order valence-electron chi connectivity index (χ0n) is 14.3. The maximum atomic E-state index is 12.2. The fourth-order valence-electron chi connectivity index (χ4n) is 2.06. The van der Waals surface area contributed by atoms with Crippen LogP contribution in [0.25, 0.3) is 0 Å². The number of benzene rings is 1. The number of aromatic nitrogens is 1. The monoisotopic (exact) mass is 362 g/mol. The largest absolute Gasteiger partial charge is 0.348 e. The van der Waals surface area contributed by atoms with Gasteiger partial charge in [0.1, 0.15) is 0 Å². The molecule has 7 nitrogen and oxygen atoms in total. The molecule has 0 aliphatic rings. The smallest absolute Gasteiger partial charge is 0.251 e. The average molecular weight is 362 g/mol. The van der Waals surface area contributed by atoms with E-state index in [4.69, 9.17) is 0 Å². The van der Waals surface area contributed by atoms with Crippen molar-refractivity contribution in [3.05, 3.63) is 59.9 Å². The summed E-state index contributed by atoms with van der Waals surface area (Å²) in [7, 11) is 0.166. The Hall–Kier alpha value is -2.29. The van der Waals surface area contributed by atoms with Crippen LogP contribution in [0.5, 0.6) is 0 Å². The van der Waals surface area contributed by atoms with Gasteiger partial charge in [-0.1, -0.05) is 6.07 Å². The molecular weight excluding hydrogens is 340 g/mol. The van der Waals surface area contributed by atoms with E-state index < -0.39 is 10.0 Å². The van der Waals surface area contributed by atoms with Crippen LogP contribution in [-0.2, 0) is 16.6 Å². The third kappa shape index (κ3) is 5.93. The molecule has 0 saturated heterocycles. The molecule has 1 aromatic heterocycles. The Morgan fingerprint density at radius 3 is 2.48 bits per heavy atom. The van der Waals surface area contributed by atoms with Gasteiger partial charge in [0.15, 0.2) is 0 Å². The second-order valence-electron chi connectivity index (χ2n) is 5.77. The van der Waals surface area contributed by atoms with Crippen molar-refractivity contribution in [3.8, 4) is 0 Å². The van der Waals surface area contributed by atoms with E-state index in [-0.39, 0.29) is 10.8 Å². The van der Waals surface area contributed by atoms with Crippen LogP contribution in [0.15, 0.2) is 53.7 Å². The highest BCUT2D eigenvalue weighted by Crippen LogP contribution is 2.10. The van der Waals surface area contributed by atoms with Crippen molar-refractivity contribution >= 4 is 15.9 Å². The number of nitrogens with zero attached hydrogens (tertiary/aromatic N) is 2. The molecular formula is C17H22N4O3S.